The van der Waals surface area contributed by atoms with Crippen molar-refractivity contribution in [2.45, 2.75) is 19.4 Å². The summed E-state index contributed by atoms with van der Waals surface area (Å²) in [7, 11) is 0. The monoisotopic (exact) mass is 189 g/mol. The fraction of sp³-hybridized carbons (Fsp3) is 0.714. The molecule has 1 aliphatic heterocycles. The lowest BCUT2D eigenvalue weighted by Crippen LogP contribution is -2.43. The van der Waals surface area contributed by atoms with Crippen LogP contribution >= 0.6 is 11.8 Å². The summed E-state index contributed by atoms with van der Waals surface area (Å²) in [6, 6.07) is -0.432. The van der Waals surface area contributed by atoms with Crippen LogP contribution in [-0.4, -0.2) is 29.6 Å². The molecule has 1 rings (SSSR count). The van der Waals surface area contributed by atoms with Crippen molar-refractivity contribution >= 4 is 23.0 Å². The van der Waals surface area contributed by atoms with Gasteiger partial charge in [0.25, 0.3) is 5.24 Å². The summed E-state index contributed by atoms with van der Waals surface area (Å²) in [5.41, 5.74) is 0. The smallest absolute Gasteiger partial charge is 0.328 e. The van der Waals surface area contributed by atoms with Gasteiger partial charge in [-0.05, 0) is 13.3 Å². The molecule has 68 valence electrons. The first-order valence-electron chi connectivity index (χ1n) is 3.84. The number of carbonyl (C=O) groups excluding carboxylic acids is 2. The highest BCUT2D eigenvalue weighted by Crippen LogP contribution is 2.13. The number of nitrogens with one attached hydrogen (secondary N) is 1. The largest absolute Gasteiger partial charge is 0.464 e. The number of ether oxygens (including phenoxy) is 1. The van der Waals surface area contributed by atoms with Gasteiger partial charge in [0.15, 0.2) is 0 Å². The molecule has 0 aromatic rings. The van der Waals surface area contributed by atoms with Crippen molar-refractivity contribution < 1.29 is 14.3 Å². The second-order valence-corrected chi connectivity index (χ2v) is 3.44. The van der Waals surface area contributed by atoms with Crippen LogP contribution in [0.4, 0.5) is 4.79 Å². The number of carbonyl (C=O) groups is 2. The first-order valence-corrected chi connectivity index (χ1v) is 4.82. The second kappa shape index (κ2) is 4.35. The zero-order chi connectivity index (χ0) is 8.97. The van der Waals surface area contributed by atoms with Crippen molar-refractivity contribution in [3.8, 4) is 0 Å². The highest BCUT2D eigenvalue weighted by Gasteiger charge is 2.25. The third-order valence-corrected chi connectivity index (χ3v) is 2.32. The fourth-order valence-corrected chi connectivity index (χ4v) is 1.71. The Balaban J connectivity index is 2.40. The second-order valence-electron chi connectivity index (χ2n) is 2.37. The van der Waals surface area contributed by atoms with Gasteiger partial charge in [-0.15, -0.1) is 0 Å². The molecular weight excluding hydrogens is 178 g/mol. The maximum atomic E-state index is 11.1. The van der Waals surface area contributed by atoms with E-state index in [4.69, 9.17) is 4.74 Å². The number of thioether (sulfide) groups is 1. The van der Waals surface area contributed by atoms with Crippen molar-refractivity contribution in [3.05, 3.63) is 0 Å². The van der Waals surface area contributed by atoms with Gasteiger partial charge in [-0.1, -0.05) is 11.8 Å². The minimum absolute atomic E-state index is 0.140. The molecule has 4 nitrogen and oxygen atoms in total. The molecule has 1 aliphatic rings. The molecule has 0 aromatic heterocycles. The minimum Gasteiger partial charge on any atom is -0.464 e. The van der Waals surface area contributed by atoms with E-state index in [1.807, 2.05) is 0 Å². The van der Waals surface area contributed by atoms with E-state index in [0.717, 1.165) is 0 Å². The van der Waals surface area contributed by atoms with Gasteiger partial charge in [-0.25, -0.2) is 4.79 Å². The fourth-order valence-electron chi connectivity index (χ4n) is 0.945. The minimum atomic E-state index is -0.432. The lowest BCUT2D eigenvalue weighted by atomic mass is 10.2. The lowest BCUT2D eigenvalue weighted by Gasteiger charge is -2.20. The van der Waals surface area contributed by atoms with Gasteiger partial charge in [0, 0.05) is 5.75 Å². The van der Waals surface area contributed by atoms with Gasteiger partial charge in [0.05, 0.1) is 6.61 Å². The molecule has 1 fully saturated rings. The Morgan fingerprint density at radius 1 is 1.83 bits per heavy atom. The average molecular weight is 189 g/mol. The quantitative estimate of drug-likeness (QED) is 0.652. The molecule has 1 amide bonds. The topological polar surface area (TPSA) is 55.4 Å². The molecule has 12 heavy (non-hydrogen) atoms. The van der Waals surface area contributed by atoms with Crippen LogP contribution in [0.2, 0.25) is 0 Å². The molecule has 0 spiro atoms. The van der Waals surface area contributed by atoms with Crippen LogP contribution in [0.25, 0.3) is 0 Å². The maximum Gasteiger partial charge on any atom is 0.328 e. The van der Waals surface area contributed by atoms with Crippen LogP contribution < -0.4 is 5.32 Å². The Morgan fingerprint density at radius 3 is 3.17 bits per heavy atom. The summed E-state index contributed by atoms with van der Waals surface area (Å²) >= 11 is 1.20. The molecule has 0 aromatic carbocycles. The van der Waals surface area contributed by atoms with Crippen LogP contribution in [-0.2, 0) is 9.53 Å². The van der Waals surface area contributed by atoms with E-state index >= 15 is 0 Å². The van der Waals surface area contributed by atoms with Crippen molar-refractivity contribution in [3.63, 3.8) is 0 Å². The number of esters is 1. The van der Waals surface area contributed by atoms with Crippen LogP contribution in [0.3, 0.4) is 0 Å². The number of amides is 1. The number of hydrogen-bond acceptors (Lipinski definition) is 4. The molecule has 1 unspecified atom stereocenters. The highest BCUT2D eigenvalue weighted by molar-refractivity contribution is 8.13. The SMILES string of the molecule is CCOC(=O)C1CCSC(=O)N1. The van der Waals surface area contributed by atoms with E-state index in [0.29, 0.717) is 18.8 Å². The molecule has 0 aliphatic carbocycles. The van der Waals surface area contributed by atoms with Gasteiger partial charge in [-0.3, -0.25) is 4.79 Å². The molecule has 1 saturated heterocycles. The van der Waals surface area contributed by atoms with Crippen molar-refractivity contribution in [2.75, 3.05) is 12.4 Å². The van der Waals surface area contributed by atoms with Gasteiger partial charge in [0.1, 0.15) is 6.04 Å². The summed E-state index contributed by atoms with van der Waals surface area (Å²) in [6.07, 6.45) is 0.662. The van der Waals surface area contributed by atoms with Crippen LogP contribution in [0.1, 0.15) is 13.3 Å². The average Bonchev–Trinajstić information content (AvgIpc) is 2.05. The maximum absolute atomic E-state index is 11.1. The molecule has 0 bridgehead atoms. The standard InChI is InChI=1S/C7H11NO3S/c1-2-11-6(9)5-3-4-12-7(10)8-5/h5H,2-4H2,1H3,(H,8,10). The van der Waals surface area contributed by atoms with Gasteiger partial charge >= 0.3 is 5.97 Å². The van der Waals surface area contributed by atoms with Crippen molar-refractivity contribution in [1.82, 2.24) is 5.32 Å². The van der Waals surface area contributed by atoms with Crippen LogP contribution in [0, 0.1) is 0 Å². The molecule has 1 N–H and O–H groups in total. The molecule has 1 atom stereocenters. The first kappa shape index (κ1) is 9.38. The molecule has 0 radical (unpaired) electrons. The summed E-state index contributed by atoms with van der Waals surface area (Å²) in [5.74, 6) is 0.362. The van der Waals surface area contributed by atoms with E-state index in [-0.39, 0.29) is 11.2 Å². The van der Waals surface area contributed by atoms with Crippen LogP contribution in [0.15, 0.2) is 0 Å². The lowest BCUT2D eigenvalue weighted by molar-refractivity contribution is -0.145. The van der Waals surface area contributed by atoms with E-state index in [2.05, 4.69) is 5.32 Å². The zero-order valence-electron chi connectivity index (χ0n) is 6.83. The number of rotatable bonds is 2. The molecular formula is C7H11NO3S. The summed E-state index contributed by atoms with van der Waals surface area (Å²) < 4.78 is 4.77. The van der Waals surface area contributed by atoms with Gasteiger partial charge in [0.2, 0.25) is 0 Å². The third-order valence-electron chi connectivity index (χ3n) is 1.50. The van der Waals surface area contributed by atoms with Crippen molar-refractivity contribution in [1.29, 1.82) is 0 Å². The Hall–Kier alpha value is -0.710. The molecule has 1 heterocycles. The Labute approximate surface area is 75.0 Å². The van der Waals surface area contributed by atoms with E-state index < -0.39 is 6.04 Å². The summed E-state index contributed by atoms with van der Waals surface area (Å²) in [6.45, 7) is 2.11. The normalized spacial score (nSPS) is 23.1. The van der Waals surface area contributed by atoms with E-state index in [1.165, 1.54) is 11.8 Å². The zero-order valence-corrected chi connectivity index (χ0v) is 7.65. The predicted molar refractivity (Wildman–Crippen MR) is 46.0 cm³/mol. The van der Waals surface area contributed by atoms with E-state index in [1.54, 1.807) is 6.92 Å². The van der Waals surface area contributed by atoms with Gasteiger partial charge in [-0.2, -0.15) is 0 Å². The third kappa shape index (κ3) is 2.41. The van der Waals surface area contributed by atoms with E-state index in [9.17, 15) is 9.59 Å². The Bertz CT molecular complexity index is 195. The Kier molecular flexibility index (Phi) is 3.40. The molecule has 0 saturated carbocycles. The highest BCUT2D eigenvalue weighted by atomic mass is 32.2. The number of hydrogen-bond donors (Lipinski definition) is 1. The van der Waals surface area contributed by atoms with Gasteiger partial charge < -0.3 is 10.1 Å². The molecule has 5 heteroatoms. The van der Waals surface area contributed by atoms with Crippen molar-refractivity contribution in [2.24, 2.45) is 0 Å². The van der Waals surface area contributed by atoms with Crippen LogP contribution in [0.5, 0.6) is 0 Å². The first-order chi connectivity index (χ1) is 5.74. The predicted octanol–water partition coefficient (Wildman–Crippen LogP) is 0.765. The summed E-state index contributed by atoms with van der Waals surface area (Å²) in [5, 5.41) is 2.41. The Morgan fingerprint density at radius 2 is 2.58 bits per heavy atom. The summed E-state index contributed by atoms with van der Waals surface area (Å²) in [4.78, 5) is 21.9.